The molecule has 0 aromatic rings. The molecule has 0 aliphatic rings. The first-order valence-electron chi connectivity index (χ1n) is 12.3. The van der Waals surface area contributed by atoms with E-state index in [0.29, 0.717) is 12.8 Å². The van der Waals surface area contributed by atoms with E-state index in [4.69, 9.17) is 15.9 Å². The Bertz CT molecular complexity index is 403. The quantitative estimate of drug-likeness (QED) is 0.194. The standard InChI is InChI=1S/C20H37NO5.C2H7N.C2H6/c22-18(21-17-20(25)26)15-13-11-9-7-5-3-1-2-4-6-8-10-12-14-16-19(23)24;1-2-3;1-2/h1-17H2,(H,21,22)(H,23,24)(H,25,26);2-3H2,1H3;1-2H3. The lowest BCUT2D eigenvalue weighted by Gasteiger charge is -2.04. The average molecular weight is 447 g/mol. The molecule has 0 radical (unpaired) electrons. The lowest BCUT2D eigenvalue weighted by molar-refractivity contribution is -0.138. The van der Waals surface area contributed by atoms with Crippen molar-refractivity contribution in [2.24, 2.45) is 5.73 Å². The van der Waals surface area contributed by atoms with Crippen LogP contribution in [0.5, 0.6) is 0 Å². The molecule has 0 saturated carbocycles. The molecule has 7 heteroatoms. The number of carboxylic acids is 2. The van der Waals surface area contributed by atoms with Gasteiger partial charge in [0.15, 0.2) is 0 Å². The molecule has 0 aliphatic heterocycles. The van der Waals surface area contributed by atoms with Crippen LogP contribution in [0.25, 0.3) is 0 Å². The molecule has 0 heterocycles. The van der Waals surface area contributed by atoms with Crippen LogP contribution >= 0.6 is 0 Å². The number of carboxylic acid groups (broad SMARTS) is 2. The zero-order valence-electron chi connectivity index (χ0n) is 20.4. The summed E-state index contributed by atoms with van der Waals surface area (Å²) < 4.78 is 0. The second-order valence-corrected chi connectivity index (χ2v) is 7.42. The molecule has 1 amide bonds. The molecule has 5 N–H and O–H groups in total. The van der Waals surface area contributed by atoms with Crippen LogP contribution in [-0.4, -0.2) is 41.1 Å². The minimum absolute atomic E-state index is 0.172. The van der Waals surface area contributed by atoms with Crippen LogP contribution in [0.15, 0.2) is 0 Å². The number of carbonyl (C=O) groups is 3. The van der Waals surface area contributed by atoms with E-state index in [0.717, 1.165) is 45.1 Å². The van der Waals surface area contributed by atoms with Gasteiger partial charge in [-0.1, -0.05) is 97.8 Å². The Labute approximate surface area is 190 Å². The van der Waals surface area contributed by atoms with E-state index in [1.54, 1.807) is 0 Å². The smallest absolute Gasteiger partial charge is 0.322 e. The van der Waals surface area contributed by atoms with Crippen LogP contribution in [0.1, 0.15) is 124 Å². The number of unbranched alkanes of at least 4 members (excludes halogenated alkanes) is 13. The number of hydrogen-bond donors (Lipinski definition) is 4. The largest absolute Gasteiger partial charge is 0.481 e. The second kappa shape index (κ2) is 30.6. The Morgan fingerprint density at radius 1 is 0.613 bits per heavy atom. The van der Waals surface area contributed by atoms with Gasteiger partial charge in [0.05, 0.1) is 0 Å². The van der Waals surface area contributed by atoms with Gasteiger partial charge >= 0.3 is 11.9 Å². The molecule has 0 unspecified atom stereocenters. The molecular weight excluding hydrogens is 396 g/mol. The van der Waals surface area contributed by atoms with E-state index in [1.165, 1.54) is 51.4 Å². The van der Waals surface area contributed by atoms with E-state index in [-0.39, 0.29) is 12.5 Å². The van der Waals surface area contributed by atoms with Crippen LogP contribution in [-0.2, 0) is 14.4 Å². The van der Waals surface area contributed by atoms with E-state index in [2.05, 4.69) is 5.32 Å². The van der Waals surface area contributed by atoms with Gasteiger partial charge in [0.1, 0.15) is 6.54 Å². The summed E-state index contributed by atoms with van der Waals surface area (Å²) in [4.78, 5) is 32.0. The summed E-state index contributed by atoms with van der Waals surface area (Å²) in [5, 5.41) is 19.4. The van der Waals surface area contributed by atoms with Crippen LogP contribution in [0, 0.1) is 0 Å². The van der Waals surface area contributed by atoms with Crippen molar-refractivity contribution in [2.45, 2.75) is 124 Å². The van der Waals surface area contributed by atoms with Gasteiger partial charge in [-0.2, -0.15) is 0 Å². The number of hydrogen-bond acceptors (Lipinski definition) is 4. The first-order valence-corrected chi connectivity index (χ1v) is 12.3. The number of nitrogens with one attached hydrogen (secondary N) is 1. The summed E-state index contributed by atoms with van der Waals surface area (Å²) in [6.07, 6.45) is 16.8. The third-order valence-electron chi connectivity index (χ3n) is 4.48. The molecule has 0 rings (SSSR count). The van der Waals surface area contributed by atoms with Crippen LogP contribution in [0.2, 0.25) is 0 Å². The Balaban J connectivity index is -0.00000143. The molecule has 0 saturated heterocycles. The number of nitrogens with two attached hydrogens (primary N) is 1. The Hall–Kier alpha value is -1.63. The SMILES string of the molecule is CC.CCN.O=C(O)CCCCCCCCCCCCCCCCC(=O)NCC(=O)O. The van der Waals surface area contributed by atoms with Crippen molar-refractivity contribution < 1.29 is 24.6 Å². The normalized spacial score (nSPS) is 9.68. The predicted molar refractivity (Wildman–Crippen MR) is 128 cm³/mol. The second-order valence-electron chi connectivity index (χ2n) is 7.42. The predicted octanol–water partition coefficient (Wildman–Crippen LogP) is 5.50. The maximum Gasteiger partial charge on any atom is 0.322 e. The third kappa shape index (κ3) is 39.4. The van der Waals surface area contributed by atoms with Gasteiger partial charge in [0.25, 0.3) is 0 Å². The lowest BCUT2D eigenvalue weighted by atomic mass is 10.0. The van der Waals surface area contributed by atoms with Gasteiger partial charge < -0.3 is 21.3 Å². The van der Waals surface area contributed by atoms with Gasteiger partial charge in [0.2, 0.25) is 5.91 Å². The molecule has 0 fully saturated rings. The van der Waals surface area contributed by atoms with Crippen molar-refractivity contribution >= 4 is 17.8 Å². The first kappa shape index (κ1) is 34.0. The molecule has 0 spiro atoms. The molecule has 186 valence electrons. The van der Waals surface area contributed by atoms with Crippen molar-refractivity contribution in [3.63, 3.8) is 0 Å². The Morgan fingerprint density at radius 2 is 0.903 bits per heavy atom. The van der Waals surface area contributed by atoms with Gasteiger partial charge in [0, 0.05) is 12.8 Å². The highest BCUT2D eigenvalue weighted by Crippen LogP contribution is 2.13. The van der Waals surface area contributed by atoms with E-state index in [9.17, 15) is 14.4 Å². The van der Waals surface area contributed by atoms with Crippen molar-refractivity contribution in [1.29, 1.82) is 0 Å². The fourth-order valence-electron chi connectivity index (χ4n) is 2.95. The zero-order valence-corrected chi connectivity index (χ0v) is 20.4. The zero-order chi connectivity index (χ0) is 24.2. The van der Waals surface area contributed by atoms with Crippen LogP contribution in [0.4, 0.5) is 0 Å². The summed E-state index contributed by atoms with van der Waals surface area (Å²) in [5.41, 5.74) is 4.85. The van der Waals surface area contributed by atoms with Gasteiger partial charge in [-0.05, 0) is 19.4 Å². The molecule has 0 atom stereocenters. The highest BCUT2D eigenvalue weighted by atomic mass is 16.4. The van der Waals surface area contributed by atoms with E-state index in [1.807, 2.05) is 20.8 Å². The lowest BCUT2D eigenvalue weighted by Crippen LogP contribution is -2.28. The summed E-state index contributed by atoms with van der Waals surface area (Å²) in [7, 11) is 0. The molecule has 0 aromatic heterocycles. The fraction of sp³-hybridized carbons (Fsp3) is 0.875. The maximum absolute atomic E-state index is 11.3. The first-order chi connectivity index (χ1) is 14.9. The maximum atomic E-state index is 11.3. The van der Waals surface area contributed by atoms with Crippen molar-refractivity contribution in [2.75, 3.05) is 13.1 Å². The topological polar surface area (TPSA) is 130 Å². The summed E-state index contributed by atoms with van der Waals surface area (Å²) >= 11 is 0. The molecular formula is C24H50N2O5. The van der Waals surface area contributed by atoms with Gasteiger partial charge in [-0.3, -0.25) is 14.4 Å². The molecule has 31 heavy (non-hydrogen) atoms. The minimum Gasteiger partial charge on any atom is -0.481 e. The number of aliphatic carboxylic acids is 2. The monoisotopic (exact) mass is 446 g/mol. The molecule has 0 aliphatic carbocycles. The highest BCUT2D eigenvalue weighted by Gasteiger charge is 2.03. The van der Waals surface area contributed by atoms with Crippen molar-refractivity contribution in [3.05, 3.63) is 0 Å². The average Bonchev–Trinajstić information content (AvgIpc) is 2.73. The minimum atomic E-state index is -1.01. The Morgan fingerprint density at radius 3 is 1.19 bits per heavy atom. The fourth-order valence-corrected chi connectivity index (χ4v) is 2.95. The molecule has 0 bridgehead atoms. The highest BCUT2D eigenvalue weighted by molar-refractivity contribution is 5.80. The van der Waals surface area contributed by atoms with Crippen molar-refractivity contribution in [3.8, 4) is 0 Å². The summed E-state index contributed by atoms with van der Waals surface area (Å²) in [6.45, 7) is 6.36. The molecule has 7 nitrogen and oxygen atoms in total. The number of amides is 1. The van der Waals surface area contributed by atoms with Crippen molar-refractivity contribution in [1.82, 2.24) is 5.32 Å². The number of rotatable bonds is 19. The van der Waals surface area contributed by atoms with Crippen LogP contribution < -0.4 is 11.1 Å². The summed E-state index contributed by atoms with van der Waals surface area (Å²) in [6, 6.07) is 0. The van der Waals surface area contributed by atoms with Gasteiger partial charge in [-0.15, -0.1) is 0 Å². The van der Waals surface area contributed by atoms with Gasteiger partial charge in [-0.25, -0.2) is 0 Å². The number of carbonyl (C=O) groups excluding carboxylic acids is 1. The summed E-state index contributed by atoms with van der Waals surface area (Å²) in [5.74, 6) is -1.87. The Kier molecular flexibility index (Phi) is 33.5. The van der Waals surface area contributed by atoms with E-state index >= 15 is 0 Å². The third-order valence-corrected chi connectivity index (χ3v) is 4.48. The van der Waals surface area contributed by atoms with E-state index < -0.39 is 11.9 Å². The molecule has 0 aromatic carbocycles. The van der Waals surface area contributed by atoms with Crippen LogP contribution in [0.3, 0.4) is 0 Å².